The zero-order chi connectivity index (χ0) is 13.0. The van der Waals surface area contributed by atoms with Crippen molar-refractivity contribution in [3.63, 3.8) is 0 Å². The summed E-state index contributed by atoms with van der Waals surface area (Å²) in [6, 6.07) is -0.235. The second-order valence-electron chi connectivity index (χ2n) is 5.12. The SMILES string of the molecule is O=C(NC1(C(=O)O)CCCCC1)N1CCNCC1. The van der Waals surface area contributed by atoms with Gasteiger partial charge in [0.05, 0.1) is 0 Å². The first kappa shape index (κ1) is 13.1. The lowest BCUT2D eigenvalue weighted by molar-refractivity contribution is -0.146. The molecule has 6 heteroatoms. The second kappa shape index (κ2) is 5.56. The molecule has 0 aromatic heterocycles. The predicted molar refractivity (Wildman–Crippen MR) is 66.4 cm³/mol. The summed E-state index contributed by atoms with van der Waals surface area (Å²) in [6.45, 7) is 2.82. The minimum Gasteiger partial charge on any atom is -0.480 e. The van der Waals surface area contributed by atoms with Crippen molar-refractivity contribution in [3.8, 4) is 0 Å². The number of urea groups is 1. The number of carboxylic acid groups (broad SMARTS) is 1. The van der Waals surface area contributed by atoms with Crippen LogP contribution in [0, 0.1) is 0 Å². The summed E-state index contributed by atoms with van der Waals surface area (Å²) in [5.41, 5.74) is -1.04. The molecule has 1 aliphatic heterocycles. The van der Waals surface area contributed by atoms with Crippen molar-refractivity contribution >= 4 is 12.0 Å². The normalized spacial score (nSPS) is 23.4. The summed E-state index contributed by atoms with van der Waals surface area (Å²) in [5.74, 6) is -0.898. The molecular weight excluding hydrogens is 234 g/mol. The van der Waals surface area contributed by atoms with Gasteiger partial charge >= 0.3 is 12.0 Å². The fraction of sp³-hybridized carbons (Fsp3) is 0.833. The molecule has 2 rings (SSSR count). The van der Waals surface area contributed by atoms with Crippen molar-refractivity contribution in [2.24, 2.45) is 0 Å². The van der Waals surface area contributed by atoms with Gasteiger partial charge < -0.3 is 20.6 Å². The third-order valence-corrected chi connectivity index (χ3v) is 3.87. The van der Waals surface area contributed by atoms with Crippen LogP contribution in [0.25, 0.3) is 0 Å². The van der Waals surface area contributed by atoms with Gasteiger partial charge in [-0.05, 0) is 12.8 Å². The van der Waals surface area contributed by atoms with Crippen molar-refractivity contribution in [1.82, 2.24) is 15.5 Å². The Kier molecular flexibility index (Phi) is 4.06. The molecule has 1 saturated heterocycles. The van der Waals surface area contributed by atoms with Crippen LogP contribution in [0.1, 0.15) is 32.1 Å². The Labute approximate surface area is 107 Å². The minimum atomic E-state index is -1.04. The van der Waals surface area contributed by atoms with Gasteiger partial charge in [-0.1, -0.05) is 19.3 Å². The van der Waals surface area contributed by atoms with Crippen molar-refractivity contribution in [2.75, 3.05) is 26.2 Å². The van der Waals surface area contributed by atoms with Crippen LogP contribution in [-0.2, 0) is 4.79 Å². The van der Waals surface area contributed by atoms with E-state index < -0.39 is 11.5 Å². The van der Waals surface area contributed by atoms with E-state index in [-0.39, 0.29) is 6.03 Å². The molecule has 0 unspecified atom stereocenters. The van der Waals surface area contributed by atoms with Crippen molar-refractivity contribution < 1.29 is 14.7 Å². The number of carbonyl (C=O) groups excluding carboxylic acids is 1. The van der Waals surface area contributed by atoms with Gasteiger partial charge in [-0.2, -0.15) is 0 Å². The third-order valence-electron chi connectivity index (χ3n) is 3.87. The van der Waals surface area contributed by atoms with Gasteiger partial charge in [0.15, 0.2) is 0 Å². The number of hydrogen-bond donors (Lipinski definition) is 3. The smallest absolute Gasteiger partial charge is 0.329 e. The largest absolute Gasteiger partial charge is 0.480 e. The van der Waals surface area contributed by atoms with Crippen LogP contribution in [0.15, 0.2) is 0 Å². The molecule has 3 N–H and O–H groups in total. The van der Waals surface area contributed by atoms with Gasteiger partial charge in [0.2, 0.25) is 0 Å². The number of hydrogen-bond acceptors (Lipinski definition) is 3. The fourth-order valence-electron chi connectivity index (χ4n) is 2.70. The molecule has 0 bridgehead atoms. The lowest BCUT2D eigenvalue weighted by Crippen LogP contribution is -2.60. The molecule has 0 aromatic rings. The molecule has 2 fully saturated rings. The monoisotopic (exact) mass is 255 g/mol. The van der Waals surface area contributed by atoms with E-state index in [0.717, 1.165) is 32.4 Å². The first-order valence-electron chi connectivity index (χ1n) is 6.65. The number of nitrogens with one attached hydrogen (secondary N) is 2. The Hall–Kier alpha value is -1.30. The average Bonchev–Trinajstić information content (AvgIpc) is 2.40. The summed E-state index contributed by atoms with van der Waals surface area (Å²) < 4.78 is 0. The van der Waals surface area contributed by atoms with E-state index in [1.807, 2.05) is 0 Å². The van der Waals surface area contributed by atoms with E-state index >= 15 is 0 Å². The molecule has 2 aliphatic rings. The zero-order valence-electron chi connectivity index (χ0n) is 10.6. The lowest BCUT2D eigenvalue weighted by atomic mass is 9.82. The van der Waals surface area contributed by atoms with Crippen molar-refractivity contribution in [1.29, 1.82) is 0 Å². The highest BCUT2D eigenvalue weighted by atomic mass is 16.4. The van der Waals surface area contributed by atoms with Crippen LogP contribution < -0.4 is 10.6 Å². The molecule has 18 heavy (non-hydrogen) atoms. The maximum atomic E-state index is 12.1. The Bertz CT molecular complexity index is 321. The second-order valence-corrected chi connectivity index (χ2v) is 5.12. The van der Waals surface area contributed by atoms with E-state index in [0.29, 0.717) is 25.9 Å². The maximum absolute atomic E-state index is 12.1. The van der Waals surface area contributed by atoms with Gasteiger partial charge in [0.1, 0.15) is 5.54 Å². The number of carbonyl (C=O) groups is 2. The molecule has 102 valence electrons. The topological polar surface area (TPSA) is 81.7 Å². The average molecular weight is 255 g/mol. The highest BCUT2D eigenvalue weighted by Gasteiger charge is 2.41. The summed E-state index contributed by atoms with van der Waals surface area (Å²) in [6.07, 6.45) is 3.88. The molecular formula is C12H21N3O3. The van der Waals surface area contributed by atoms with E-state index in [1.54, 1.807) is 4.90 Å². The number of aliphatic carboxylic acids is 1. The summed E-state index contributed by atoms with van der Waals surface area (Å²) in [5, 5.41) is 15.3. The molecule has 0 atom stereocenters. The van der Waals surface area contributed by atoms with Crippen LogP contribution in [0.5, 0.6) is 0 Å². The standard InChI is InChI=1S/C12H21N3O3/c16-10(17)12(4-2-1-3-5-12)14-11(18)15-8-6-13-7-9-15/h13H,1-9H2,(H,14,18)(H,16,17). The number of nitrogens with zero attached hydrogens (tertiary/aromatic N) is 1. The minimum absolute atomic E-state index is 0.235. The molecule has 0 radical (unpaired) electrons. The maximum Gasteiger partial charge on any atom is 0.329 e. The number of piperazine rings is 1. The fourth-order valence-corrected chi connectivity index (χ4v) is 2.70. The predicted octanol–water partition coefficient (Wildman–Crippen LogP) is 0.389. The van der Waals surface area contributed by atoms with Crippen LogP contribution in [0.3, 0.4) is 0 Å². The van der Waals surface area contributed by atoms with Crippen LogP contribution >= 0.6 is 0 Å². The molecule has 2 amide bonds. The number of amides is 2. The molecule has 1 saturated carbocycles. The molecule has 0 spiro atoms. The summed E-state index contributed by atoms with van der Waals surface area (Å²) in [4.78, 5) is 25.2. The number of carboxylic acids is 1. The molecule has 1 aliphatic carbocycles. The van der Waals surface area contributed by atoms with Crippen molar-refractivity contribution in [3.05, 3.63) is 0 Å². The zero-order valence-corrected chi connectivity index (χ0v) is 10.6. The van der Waals surface area contributed by atoms with Gasteiger partial charge in [-0.3, -0.25) is 0 Å². The van der Waals surface area contributed by atoms with Crippen LogP contribution in [-0.4, -0.2) is 53.7 Å². The Morgan fingerprint density at radius 2 is 1.72 bits per heavy atom. The molecule has 0 aromatic carbocycles. The van der Waals surface area contributed by atoms with Crippen LogP contribution in [0.4, 0.5) is 4.79 Å². The Morgan fingerprint density at radius 1 is 1.11 bits per heavy atom. The number of rotatable bonds is 2. The van der Waals surface area contributed by atoms with Crippen molar-refractivity contribution in [2.45, 2.75) is 37.6 Å². The van der Waals surface area contributed by atoms with E-state index in [1.165, 1.54) is 0 Å². The Morgan fingerprint density at radius 3 is 2.28 bits per heavy atom. The van der Waals surface area contributed by atoms with Gasteiger partial charge in [0, 0.05) is 26.2 Å². The van der Waals surface area contributed by atoms with Gasteiger partial charge in [-0.25, -0.2) is 9.59 Å². The highest BCUT2D eigenvalue weighted by molar-refractivity contribution is 5.86. The van der Waals surface area contributed by atoms with E-state index in [2.05, 4.69) is 10.6 Å². The van der Waals surface area contributed by atoms with E-state index in [4.69, 9.17) is 0 Å². The first-order chi connectivity index (χ1) is 8.64. The molecule has 1 heterocycles. The lowest BCUT2D eigenvalue weighted by Gasteiger charge is -2.37. The van der Waals surface area contributed by atoms with Gasteiger partial charge in [0.25, 0.3) is 0 Å². The summed E-state index contributed by atoms with van der Waals surface area (Å²) >= 11 is 0. The third kappa shape index (κ3) is 2.75. The van der Waals surface area contributed by atoms with Gasteiger partial charge in [-0.15, -0.1) is 0 Å². The molecule has 6 nitrogen and oxygen atoms in total. The van der Waals surface area contributed by atoms with Crippen LogP contribution in [0.2, 0.25) is 0 Å². The Balaban J connectivity index is 1.99. The first-order valence-corrected chi connectivity index (χ1v) is 6.65. The van der Waals surface area contributed by atoms with E-state index in [9.17, 15) is 14.7 Å². The quantitative estimate of drug-likeness (QED) is 0.666. The summed E-state index contributed by atoms with van der Waals surface area (Å²) in [7, 11) is 0. The highest BCUT2D eigenvalue weighted by Crippen LogP contribution is 2.28.